The predicted octanol–water partition coefficient (Wildman–Crippen LogP) is 3.92. The van der Waals surface area contributed by atoms with Crippen LogP contribution in [0, 0.1) is 12.3 Å². The predicted molar refractivity (Wildman–Crippen MR) is 130 cm³/mol. The molecule has 2 saturated heterocycles. The molecule has 5 rings (SSSR count). The normalized spacial score (nSPS) is 22.7. The van der Waals surface area contributed by atoms with Crippen LogP contribution in [0.5, 0.6) is 0 Å². The number of aliphatic carboxylic acids is 1. The molecule has 2 N–H and O–H groups in total. The molecule has 2 heterocycles. The van der Waals surface area contributed by atoms with Gasteiger partial charge >= 0.3 is 12.1 Å². The van der Waals surface area contributed by atoms with Gasteiger partial charge < -0.3 is 20.1 Å². The van der Waals surface area contributed by atoms with Crippen LogP contribution in [-0.2, 0) is 14.3 Å². The highest BCUT2D eigenvalue weighted by Crippen LogP contribution is 2.49. The second-order valence-corrected chi connectivity index (χ2v) is 9.66. The molecule has 2 amide bonds. The maximum absolute atomic E-state index is 13.5. The Labute approximate surface area is 204 Å². The SMILES string of the molecule is C#CCC(NC(=O)OCC1c2ccccc2-c2ccccc21)C(=O)N1C2CCC1(CC(=O)O)CC2. The van der Waals surface area contributed by atoms with Crippen molar-refractivity contribution in [3.05, 3.63) is 59.7 Å². The highest BCUT2D eigenvalue weighted by atomic mass is 16.5. The Kier molecular flexibility index (Phi) is 5.98. The Morgan fingerprint density at radius 2 is 1.69 bits per heavy atom. The number of nitrogens with one attached hydrogen (secondary N) is 1. The standard InChI is InChI=1S/C28H28N2O5/c1-2-7-24(26(33)30-18-12-14-28(30,15-13-18)16-25(31)32)29-27(34)35-17-23-21-10-5-3-8-19(21)20-9-4-6-11-22(20)23/h1,3-6,8-11,18,23-24H,7,12-17H2,(H,29,34)(H,31,32). The summed E-state index contributed by atoms with van der Waals surface area (Å²) >= 11 is 0. The summed E-state index contributed by atoms with van der Waals surface area (Å²) in [6, 6.07) is 15.2. The van der Waals surface area contributed by atoms with Gasteiger partial charge in [0.1, 0.15) is 12.6 Å². The molecule has 7 heteroatoms. The summed E-state index contributed by atoms with van der Waals surface area (Å²) in [5.74, 6) is 1.13. The second-order valence-electron chi connectivity index (χ2n) is 9.66. The van der Waals surface area contributed by atoms with Gasteiger partial charge in [0.25, 0.3) is 0 Å². The van der Waals surface area contributed by atoms with Gasteiger partial charge in [0.2, 0.25) is 5.91 Å². The van der Waals surface area contributed by atoms with Crippen molar-refractivity contribution in [2.24, 2.45) is 0 Å². The number of carbonyl (C=O) groups excluding carboxylic acids is 2. The van der Waals surface area contributed by atoms with Crippen molar-refractivity contribution in [3.63, 3.8) is 0 Å². The summed E-state index contributed by atoms with van der Waals surface area (Å²) in [5, 5.41) is 12.1. The number of amides is 2. The number of hydrogen-bond donors (Lipinski definition) is 2. The van der Waals surface area contributed by atoms with Gasteiger partial charge in [-0.15, -0.1) is 12.3 Å². The molecule has 1 atom stereocenters. The molecule has 0 aromatic heterocycles. The number of benzene rings is 2. The fourth-order valence-corrected chi connectivity index (χ4v) is 6.25. The van der Waals surface area contributed by atoms with Gasteiger partial charge in [0.05, 0.1) is 12.0 Å². The molecule has 3 aliphatic rings. The summed E-state index contributed by atoms with van der Waals surface area (Å²) in [6.45, 7) is 0.131. The highest BCUT2D eigenvalue weighted by molar-refractivity contribution is 5.88. The number of carbonyl (C=O) groups is 3. The first kappa shape index (κ1) is 23.0. The van der Waals surface area contributed by atoms with E-state index in [0.29, 0.717) is 12.8 Å². The lowest BCUT2D eigenvalue weighted by molar-refractivity contribution is -0.144. The lowest BCUT2D eigenvalue weighted by atomic mass is 9.85. The van der Waals surface area contributed by atoms with Crippen molar-refractivity contribution in [3.8, 4) is 23.5 Å². The van der Waals surface area contributed by atoms with E-state index in [1.165, 1.54) is 0 Å². The number of nitrogens with zero attached hydrogens (tertiary/aromatic N) is 1. The van der Waals surface area contributed by atoms with Crippen LogP contribution < -0.4 is 5.32 Å². The minimum Gasteiger partial charge on any atom is -0.481 e. The average Bonchev–Trinajstić information content (AvgIpc) is 3.48. The summed E-state index contributed by atoms with van der Waals surface area (Å²) in [4.78, 5) is 39.5. The molecule has 7 nitrogen and oxygen atoms in total. The summed E-state index contributed by atoms with van der Waals surface area (Å²) < 4.78 is 5.60. The molecule has 2 aliphatic heterocycles. The minimum atomic E-state index is -0.956. The van der Waals surface area contributed by atoms with Gasteiger partial charge in [-0.3, -0.25) is 9.59 Å². The number of carboxylic acid groups (broad SMARTS) is 1. The molecule has 0 radical (unpaired) electrons. The zero-order valence-electron chi connectivity index (χ0n) is 19.4. The summed E-state index contributed by atoms with van der Waals surface area (Å²) in [7, 11) is 0. The number of terminal acetylenes is 1. The summed E-state index contributed by atoms with van der Waals surface area (Å²) in [5.41, 5.74) is 3.77. The van der Waals surface area contributed by atoms with Crippen molar-refractivity contribution >= 4 is 18.0 Å². The second kappa shape index (κ2) is 9.10. The maximum Gasteiger partial charge on any atom is 0.407 e. The third-order valence-corrected chi connectivity index (χ3v) is 7.74. The zero-order chi connectivity index (χ0) is 24.6. The van der Waals surface area contributed by atoms with E-state index in [0.717, 1.165) is 35.1 Å². The Balaban J connectivity index is 1.28. The van der Waals surface area contributed by atoms with Gasteiger partial charge in [-0.05, 0) is 47.9 Å². The molecule has 2 aromatic carbocycles. The molecular weight excluding hydrogens is 444 g/mol. The smallest absolute Gasteiger partial charge is 0.407 e. The van der Waals surface area contributed by atoms with Crippen LogP contribution in [0.2, 0.25) is 0 Å². The highest BCUT2D eigenvalue weighted by Gasteiger charge is 2.55. The van der Waals surface area contributed by atoms with Crippen LogP contribution in [-0.4, -0.2) is 52.2 Å². The van der Waals surface area contributed by atoms with Gasteiger partial charge in [-0.2, -0.15) is 0 Å². The van der Waals surface area contributed by atoms with E-state index >= 15 is 0 Å². The van der Waals surface area contributed by atoms with Crippen molar-refractivity contribution in [1.29, 1.82) is 0 Å². The quantitative estimate of drug-likeness (QED) is 0.596. The van der Waals surface area contributed by atoms with Crippen LogP contribution in [0.3, 0.4) is 0 Å². The number of alkyl carbamates (subject to hydrolysis) is 1. The molecule has 0 saturated carbocycles. The van der Waals surface area contributed by atoms with Gasteiger partial charge in [0, 0.05) is 18.4 Å². The zero-order valence-corrected chi connectivity index (χ0v) is 19.4. The van der Waals surface area contributed by atoms with E-state index in [-0.39, 0.29) is 37.3 Å². The van der Waals surface area contributed by atoms with E-state index < -0.39 is 23.6 Å². The lowest BCUT2D eigenvalue weighted by Gasteiger charge is -2.36. The number of rotatable bonds is 7. The van der Waals surface area contributed by atoms with Crippen LogP contribution >= 0.6 is 0 Å². The molecule has 1 aliphatic carbocycles. The van der Waals surface area contributed by atoms with E-state index in [1.807, 2.05) is 36.4 Å². The van der Waals surface area contributed by atoms with Crippen molar-refractivity contribution in [2.75, 3.05) is 6.61 Å². The number of ether oxygens (including phenoxy) is 1. The molecule has 1 unspecified atom stereocenters. The van der Waals surface area contributed by atoms with Crippen LogP contribution in [0.25, 0.3) is 11.1 Å². The Hall–Kier alpha value is -3.79. The lowest BCUT2D eigenvalue weighted by Crippen LogP contribution is -2.54. The van der Waals surface area contributed by atoms with E-state index in [9.17, 15) is 19.5 Å². The first-order chi connectivity index (χ1) is 16.9. The van der Waals surface area contributed by atoms with E-state index in [2.05, 4.69) is 23.4 Å². The summed E-state index contributed by atoms with van der Waals surface area (Å²) in [6.07, 6.45) is 7.57. The van der Waals surface area contributed by atoms with Crippen molar-refractivity contribution in [2.45, 2.75) is 62.1 Å². The largest absolute Gasteiger partial charge is 0.481 e. The Morgan fingerprint density at radius 3 is 2.26 bits per heavy atom. The molecule has 2 bridgehead atoms. The third-order valence-electron chi connectivity index (χ3n) is 7.74. The molecular formula is C28H28N2O5. The first-order valence-electron chi connectivity index (χ1n) is 12.0. The molecule has 2 fully saturated rings. The van der Waals surface area contributed by atoms with Gasteiger partial charge in [0.15, 0.2) is 0 Å². The van der Waals surface area contributed by atoms with Gasteiger partial charge in [-0.1, -0.05) is 48.5 Å². The van der Waals surface area contributed by atoms with Crippen LogP contribution in [0.1, 0.15) is 55.6 Å². The monoisotopic (exact) mass is 472 g/mol. The number of hydrogen-bond acceptors (Lipinski definition) is 4. The maximum atomic E-state index is 13.5. The first-order valence-corrected chi connectivity index (χ1v) is 12.0. The average molecular weight is 473 g/mol. The fourth-order valence-electron chi connectivity index (χ4n) is 6.25. The van der Waals surface area contributed by atoms with Crippen LogP contribution in [0.15, 0.2) is 48.5 Å². The van der Waals surface area contributed by atoms with Crippen molar-refractivity contribution < 1.29 is 24.2 Å². The molecule has 2 aromatic rings. The fraction of sp³-hybridized carbons (Fsp3) is 0.393. The molecule has 35 heavy (non-hydrogen) atoms. The van der Waals surface area contributed by atoms with Crippen molar-refractivity contribution in [1.82, 2.24) is 10.2 Å². The van der Waals surface area contributed by atoms with Crippen LogP contribution in [0.4, 0.5) is 4.79 Å². The van der Waals surface area contributed by atoms with E-state index in [4.69, 9.17) is 11.2 Å². The number of fused-ring (bicyclic) bond motifs is 5. The van der Waals surface area contributed by atoms with Gasteiger partial charge in [-0.25, -0.2) is 4.79 Å². The number of carboxylic acids is 1. The van der Waals surface area contributed by atoms with E-state index in [1.54, 1.807) is 4.90 Å². The molecule has 0 spiro atoms. The minimum absolute atomic E-state index is 0.00793. The molecule has 180 valence electrons. The Morgan fingerprint density at radius 1 is 1.09 bits per heavy atom. The Bertz CT molecular complexity index is 1160. The third kappa shape index (κ3) is 4.03. The topological polar surface area (TPSA) is 95.9 Å².